The summed E-state index contributed by atoms with van der Waals surface area (Å²) in [4.78, 5) is 7.71. The maximum Gasteiger partial charge on any atom is 0.433 e. The van der Waals surface area contributed by atoms with Gasteiger partial charge in [0.2, 0.25) is 5.95 Å². The Morgan fingerprint density at radius 1 is 1.04 bits per heavy atom. The minimum atomic E-state index is -4.56. The molecule has 2 aromatic rings. The Morgan fingerprint density at radius 2 is 1.71 bits per heavy atom. The van der Waals surface area contributed by atoms with Crippen LogP contribution in [0.25, 0.3) is 0 Å². The molecule has 0 saturated heterocycles. The molecule has 1 aromatic carbocycles. The van der Waals surface area contributed by atoms with E-state index in [-0.39, 0.29) is 11.8 Å². The summed E-state index contributed by atoms with van der Waals surface area (Å²) in [6.45, 7) is 7.38. The molecule has 0 fully saturated rings. The van der Waals surface area contributed by atoms with Gasteiger partial charge in [-0.05, 0) is 61.3 Å². The van der Waals surface area contributed by atoms with Crippen LogP contribution in [0.15, 0.2) is 28.7 Å². The van der Waals surface area contributed by atoms with Crippen LogP contribution in [-0.4, -0.2) is 15.5 Å². The number of halogens is 4. The fraction of sp³-hybridized carbons (Fsp3) is 0.375. The topological polar surface area (TPSA) is 49.8 Å². The SMILES string of the molecule is Cc1ccc(Nc2cc(C(F)(F)F)nc(NC(C)(C)C)n2)c(Br)c1. The number of anilines is 3. The third-order valence-corrected chi connectivity index (χ3v) is 3.55. The van der Waals surface area contributed by atoms with Gasteiger partial charge < -0.3 is 10.6 Å². The van der Waals surface area contributed by atoms with E-state index in [0.717, 1.165) is 16.1 Å². The van der Waals surface area contributed by atoms with E-state index < -0.39 is 17.4 Å². The second kappa shape index (κ2) is 6.58. The molecule has 24 heavy (non-hydrogen) atoms. The molecular formula is C16H18BrF3N4. The van der Waals surface area contributed by atoms with Gasteiger partial charge in [-0.15, -0.1) is 0 Å². The first-order valence-electron chi connectivity index (χ1n) is 7.22. The first-order valence-corrected chi connectivity index (χ1v) is 8.01. The van der Waals surface area contributed by atoms with E-state index in [9.17, 15) is 13.2 Å². The molecule has 1 aromatic heterocycles. The molecule has 130 valence electrons. The Balaban J connectivity index is 2.42. The van der Waals surface area contributed by atoms with Crippen LogP contribution in [0.1, 0.15) is 32.0 Å². The molecule has 0 aliphatic carbocycles. The molecule has 8 heteroatoms. The van der Waals surface area contributed by atoms with E-state index in [1.165, 1.54) is 0 Å². The predicted molar refractivity (Wildman–Crippen MR) is 92.6 cm³/mol. The quantitative estimate of drug-likeness (QED) is 0.709. The Labute approximate surface area is 147 Å². The lowest BCUT2D eigenvalue weighted by Gasteiger charge is -2.21. The third-order valence-electron chi connectivity index (χ3n) is 2.89. The normalized spacial score (nSPS) is 12.2. The Hall–Kier alpha value is -1.83. The smallest absolute Gasteiger partial charge is 0.350 e. The maximum absolute atomic E-state index is 13.1. The molecule has 0 bridgehead atoms. The van der Waals surface area contributed by atoms with Crippen LogP contribution in [0.5, 0.6) is 0 Å². The van der Waals surface area contributed by atoms with Crippen molar-refractivity contribution in [2.24, 2.45) is 0 Å². The zero-order valence-corrected chi connectivity index (χ0v) is 15.3. The zero-order valence-electron chi connectivity index (χ0n) is 13.7. The predicted octanol–water partition coefficient (Wildman–Crippen LogP) is 5.52. The third kappa shape index (κ3) is 5.09. The Kier molecular flexibility index (Phi) is 5.08. The van der Waals surface area contributed by atoms with Gasteiger partial charge >= 0.3 is 6.18 Å². The molecule has 0 saturated carbocycles. The molecule has 0 amide bonds. The number of hydrogen-bond acceptors (Lipinski definition) is 4. The monoisotopic (exact) mass is 402 g/mol. The molecule has 0 radical (unpaired) electrons. The molecule has 0 unspecified atom stereocenters. The molecular weight excluding hydrogens is 385 g/mol. The molecule has 0 spiro atoms. The van der Waals surface area contributed by atoms with Gasteiger partial charge in [-0.2, -0.15) is 18.2 Å². The summed E-state index contributed by atoms with van der Waals surface area (Å²) < 4.78 is 40.0. The highest BCUT2D eigenvalue weighted by molar-refractivity contribution is 9.10. The van der Waals surface area contributed by atoms with E-state index in [2.05, 4.69) is 36.5 Å². The lowest BCUT2D eigenvalue weighted by atomic mass is 10.1. The molecule has 2 rings (SSSR count). The number of aryl methyl sites for hydroxylation is 1. The second-order valence-corrected chi connectivity index (χ2v) is 7.30. The molecule has 0 atom stereocenters. The summed E-state index contributed by atoms with van der Waals surface area (Å²) in [5.41, 5.74) is 0.177. The number of alkyl halides is 3. The van der Waals surface area contributed by atoms with Gasteiger partial charge in [0.15, 0.2) is 5.69 Å². The minimum Gasteiger partial charge on any atom is -0.350 e. The van der Waals surface area contributed by atoms with Crippen molar-refractivity contribution in [1.82, 2.24) is 9.97 Å². The number of hydrogen-bond donors (Lipinski definition) is 2. The Bertz CT molecular complexity index is 739. The van der Waals surface area contributed by atoms with Gasteiger partial charge in [0, 0.05) is 16.1 Å². The van der Waals surface area contributed by atoms with Gasteiger partial charge in [0.05, 0.1) is 5.69 Å². The highest BCUT2D eigenvalue weighted by Crippen LogP contribution is 2.32. The van der Waals surface area contributed by atoms with Crippen LogP contribution in [0.2, 0.25) is 0 Å². The number of nitrogens with zero attached hydrogens (tertiary/aromatic N) is 2. The van der Waals surface area contributed by atoms with Crippen molar-refractivity contribution in [3.8, 4) is 0 Å². The summed E-state index contributed by atoms with van der Waals surface area (Å²) in [6, 6.07) is 6.38. The average Bonchev–Trinajstić information content (AvgIpc) is 2.39. The molecule has 1 heterocycles. The van der Waals surface area contributed by atoms with E-state index in [4.69, 9.17) is 0 Å². The van der Waals surface area contributed by atoms with Crippen LogP contribution >= 0.6 is 15.9 Å². The standard InChI is InChI=1S/C16H18BrF3N4/c1-9-5-6-11(10(17)7-9)21-13-8-12(16(18,19)20)22-14(23-13)24-15(2,3)4/h5-8H,1-4H3,(H2,21,22,23,24). The molecule has 2 N–H and O–H groups in total. The fourth-order valence-electron chi connectivity index (χ4n) is 1.91. The van der Waals surface area contributed by atoms with E-state index in [1.807, 2.05) is 39.8 Å². The fourth-order valence-corrected chi connectivity index (χ4v) is 2.50. The highest BCUT2D eigenvalue weighted by Gasteiger charge is 2.34. The lowest BCUT2D eigenvalue weighted by molar-refractivity contribution is -0.141. The van der Waals surface area contributed by atoms with Crippen LogP contribution in [-0.2, 0) is 6.18 Å². The summed E-state index contributed by atoms with van der Waals surface area (Å²) in [6.07, 6.45) is -4.56. The largest absolute Gasteiger partial charge is 0.433 e. The van der Waals surface area contributed by atoms with Crippen molar-refractivity contribution in [2.75, 3.05) is 10.6 Å². The van der Waals surface area contributed by atoms with Gasteiger partial charge in [0.1, 0.15) is 5.82 Å². The number of rotatable bonds is 3. The van der Waals surface area contributed by atoms with Crippen LogP contribution < -0.4 is 10.6 Å². The summed E-state index contributed by atoms with van der Waals surface area (Å²) in [5.74, 6) is -0.0170. The summed E-state index contributed by atoms with van der Waals surface area (Å²) in [7, 11) is 0. The van der Waals surface area contributed by atoms with Crippen LogP contribution in [0, 0.1) is 6.92 Å². The lowest BCUT2D eigenvalue weighted by Crippen LogP contribution is -2.28. The number of benzene rings is 1. The number of aromatic nitrogens is 2. The zero-order chi connectivity index (χ0) is 18.1. The van der Waals surface area contributed by atoms with Crippen molar-refractivity contribution < 1.29 is 13.2 Å². The number of nitrogens with one attached hydrogen (secondary N) is 2. The van der Waals surface area contributed by atoms with Crippen LogP contribution in [0.4, 0.5) is 30.6 Å². The van der Waals surface area contributed by atoms with Crippen molar-refractivity contribution in [3.63, 3.8) is 0 Å². The second-order valence-electron chi connectivity index (χ2n) is 6.44. The van der Waals surface area contributed by atoms with E-state index in [1.54, 1.807) is 6.07 Å². The molecule has 4 nitrogen and oxygen atoms in total. The van der Waals surface area contributed by atoms with Gasteiger partial charge in [-0.25, -0.2) is 4.98 Å². The van der Waals surface area contributed by atoms with Gasteiger partial charge in [0.25, 0.3) is 0 Å². The maximum atomic E-state index is 13.1. The van der Waals surface area contributed by atoms with Crippen molar-refractivity contribution >= 4 is 33.4 Å². The van der Waals surface area contributed by atoms with E-state index >= 15 is 0 Å². The van der Waals surface area contributed by atoms with Crippen molar-refractivity contribution in [3.05, 3.63) is 40.0 Å². The van der Waals surface area contributed by atoms with Crippen LogP contribution in [0.3, 0.4) is 0 Å². The summed E-state index contributed by atoms with van der Waals surface area (Å²) in [5, 5.41) is 5.77. The summed E-state index contributed by atoms with van der Waals surface area (Å²) >= 11 is 3.39. The first kappa shape index (κ1) is 18.5. The van der Waals surface area contributed by atoms with Crippen molar-refractivity contribution in [2.45, 2.75) is 39.4 Å². The van der Waals surface area contributed by atoms with Crippen molar-refractivity contribution in [1.29, 1.82) is 0 Å². The Morgan fingerprint density at radius 3 is 2.25 bits per heavy atom. The minimum absolute atomic E-state index is 0.0635. The molecule has 0 aliphatic heterocycles. The molecule has 0 aliphatic rings. The average molecular weight is 403 g/mol. The van der Waals surface area contributed by atoms with Gasteiger partial charge in [-0.1, -0.05) is 6.07 Å². The van der Waals surface area contributed by atoms with E-state index in [0.29, 0.717) is 5.69 Å². The van der Waals surface area contributed by atoms with Gasteiger partial charge in [-0.3, -0.25) is 0 Å². The first-order chi connectivity index (χ1) is 10.9. The highest BCUT2D eigenvalue weighted by atomic mass is 79.9.